The van der Waals surface area contributed by atoms with E-state index in [9.17, 15) is 4.79 Å². The van der Waals surface area contributed by atoms with Crippen molar-refractivity contribution in [2.45, 2.75) is 13.8 Å². The maximum Gasteiger partial charge on any atom is 0.230 e. The number of Topliss-reactive ketones (excluding diaryl/α,β-unsaturated/α-hetero) is 1. The minimum atomic E-state index is -0.174. The summed E-state index contributed by atoms with van der Waals surface area (Å²) in [5.41, 5.74) is 0.499. The van der Waals surface area contributed by atoms with Crippen LogP contribution >= 0.6 is 0 Å². The van der Waals surface area contributed by atoms with Gasteiger partial charge < -0.3 is 0 Å². The highest BCUT2D eigenvalue weighted by Crippen LogP contribution is 1.85. The number of allylic oxidation sites excluding steroid dienone is 1. The second kappa shape index (κ2) is 3.04. The van der Waals surface area contributed by atoms with E-state index in [4.69, 9.17) is 0 Å². The lowest BCUT2D eigenvalue weighted by Gasteiger charge is -1.81. The molecule has 0 heterocycles. The Morgan fingerprint density at radius 2 is 2.12 bits per heavy atom. The van der Waals surface area contributed by atoms with Crippen LogP contribution < -0.4 is 0 Å². The monoisotopic (exact) mass is 108 g/mol. The van der Waals surface area contributed by atoms with Gasteiger partial charge in [-0.15, -0.1) is 0 Å². The fourth-order valence-corrected chi connectivity index (χ4v) is 0.220. The average Bonchev–Trinajstić information content (AvgIpc) is 1.67. The second-order valence-corrected chi connectivity index (χ2v) is 1.48. The molecule has 0 aliphatic heterocycles. The van der Waals surface area contributed by atoms with Gasteiger partial charge in [0.1, 0.15) is 0 Å². The first-order valence-corrected chi connectivity index (χ1v) is 2.31. The number of carbonyl (C=O) groups excluding carboxylic acids is 1. The molecule has 8 heavy (non-hydrogen) atoms. The SMILES string of the molecule is C=C(C)C(=O)C#CC. The highest BCUT2D eigenvalue weighted by atomic mass is 16.1. The van der Waals surface area contributed by atoms with Gasteiger partial charge in [0, 0.05) is 0 Å². The van der Waals surface area contributed by atoms with Crippen molar-refractivity contribution < 1.29 is 4.79 Å². The minimum Gasteiger partial charge on any atom is -0.280 e. The number of hydrogen-bond donors (Lipinski definition) is 0. The summed E-state index contributed by atoms with van der Waals surface area (Å²) in [4.78, 5) is 10.5. The maximum absolute atomic E-state index is 10.5. The van der Waals surface area contributed by atoms with Crippen LogP contribution in [0.15, 0.2) is 12.2 Å². The molecule has 0 bridgehead atoms. The Bertz CT molecular complexity index is 167. The van der Waals surface area contributed by atoms with E-state index in [1.165, 1.54) is 0 Å². The summed E-state index contributed by atoms with van der Waals surface area (Å²) in [5, 5.41) is 0. The average molecular weight is 108 g/mol. The van der Waals surface area contributed by atoms with Crippen molar-refractivity contribution >= 4 is 5.78 Å². The molecule has 0 aliphatic rings. The second-order valence-electron chi connectivity index (χ2n) is 1.48. The summed E-state index contributed by atoms with van der Waals surface area (Å²) in [6.07, 6.45) is 0. The van der Waals surface area contributed by atoms with Crippen LogP contribution in [0.3, 0.4) is 0 Å². The van der Waals surface area contributed by atoms with Gasteiger partial charge in [-0.25, -0.2) is 0 Å². The van der Waals surface area contributed by atoms with Crippen LogP contribution in [-0.2, 0) is 4.79 Å². The van der Waals surface area contributed by atoms with Crippen molar-refractivity contribution in [3.05, 3.63) is 12.2 Å². The fourth-order valence-electron chi connectivity index (χ4n) is 0.220. The molecule has 42 valence electrons. The zero-order chi connectivity index (χ0) is 6.57. The topological polar surface area (TPSA) is 17.1 Å². The molecule has 1 nitrogen and oxygen atoms in total. The van der Waals surface area contributed by atoms with Crippen LogP contribution in [0.1, 0.15) is 13.8 Å². The molecule has 0 N–H and O–H groups in total. The molecule has 0 amide bonds. The smallest absolute Gasteiger partial charge is 0.230 e. The van der Waals surface area contributed by atoms with Gasteiger partial charge in [-0.1, -0.05) is 12.5 Å². The van der Waals surface area contributed by atoms with Gasteiger partial charge in [0.2, 0.25) is 5.78 Å². The van der Waals surface area contributed by atoms with E-state index in [0.717, 1.165) is 0 Å². The van der Waals surface area contributed by atoms with Gasteiger partial charge >= 0.3 is 0 Å². The summed E-state index contributed by atoms with van der Waals surface area (Å²) >= 11 is 0. The Morgan fingerprint density at radius 3 is 2.25 bits per heavy atom. The van der Waals surface area contributed by atoms with Crippen LogP contribution in [0, 0.1) is 11.8 Å². The minimum absolute atomic E-state index is 0.174. The van der Waals surface area contributed by atoms with Crippen LogP contribution in [0.2, 0.25) is 0 Å². The van der Waals surface area contributed by atoms with Gasteiger partial charge in [0.15, 0.2) is 0 Å². The zero-order valence-electron chi connectivity index (χ0n) is 5.12. The lowest BCUT2D eigenvalue weighted by atomic mass is 10.2. The van der Waals surface area contributed by atoms with E-state index in [1.54, 1.807) is 13.8 Å². The molecular formula is C7H8O. The molecule has 0 saturated heterocycles. The molecule has 0 atom stereocenters. The number of rotatable bonds is 1. The largest absolute Gasteiger partial charge is 0.280 e. The third kappa shape index (κ3) is 2.20. The van der Waals surface area contributed by atoms with Crippen LogP contribution in [-0.4, -0.2) is 5.78 Å². The Morgan fingerprint density at radius 1 is 1.62 bits per heavy atom. The molecule has 0 spiro atoms. The first kappa shape index (κ1) is 6.97. The van der Waals surface area contributed by atoms with Gasteiger partial charge in [0.05, 0.1) is 0 Å². The van der Waals surface area contributed by atoms with Gasteiger partial charge in [-0.3, -0.25) is 4.79 Å². The maximum atomic E-state index is 10.5. The van der Waals surface area contributed by atoms with Crippen LogP contribution in [0.25, 0.3) is 0 Å². The Labute approximate surface area is 49.4 Å². The van der Waals surface area contributed by atoms with E-state index in [1.807, 2.05) is 0 Å². The molecule has 0 aromatic carbocycles. The number of carbonyl (C=O) groups is 1. The van der Waals surface area contributed by atoms with E-state index in [0.29, 0.717) is 5.57 Å². The quantitative estimate of drug-likeness (QED) is 0.280. The van der Waals surface area contributed by atoms with Crippen molar-refractivity contribution in [3.63, 3.8) is 0 Å². The molecule has 1 heteroatoms. The van der Waals surface area contributed by atoms with E-state index < -0.39 is 0 Å². The molecule has 0 aliphatic carbocycles. The molecule has 0 radical (unpaired) electrons. The Balaban J connectivity index is 3.99. The van der Waals surface area contributed by atoms with E-state index in [-0.39, 0.29) is 5.78 Å². The molecule has 0 aromatic heterocycles. The van der Waals surface area contributed by atoms with Crippen LogP contribution in [0.4, 0.5) is 0 Å². The molecule has 0 saturated carbocycles. The van der Waals surface area contributed by atoms with Crippen molar-refractivity contribution in [3.8, 4) is 11.8 Å². The third-order valence-electron chi connectivity index (χ3n) is 0.626. The lowest BCUT2D eigenvalue weighted by Crippen LogP contribution is -1.91. The standard InChI is InChI=1S/C7H8O/c1-4-5-7(8)6(2)3/h2H2,1,3H3. The third-order valence-corrected chi connectivity index (χ3v) is 0.626. The van der Waals surface area contributed by atoms with Crippen molar-refractivity contribution in [1.82, 2.24) is 0 Å². The van der Waals surface area contributed by atoms with Crippen molar-refractivity contribution in [1.29, 1.82) is 0 Å². The van der Waals surface area contributed by atoms with Crippen molar-refractivity contribution in [2.75, 3.05) is 0 Å². The first-order valence-electron chi connectivity index (χ1n) is 2.31. The van der Waals surface area contributed by atoms with Crippen molar-refractivity contribution in [2.24, 2.45) is 0 Å². The summed E-state index contributed by atoms with van der Waals surface area (Å²) in [6, 6.07) is 0. The molecule has 0 rings (SSSR count). The summed E-state index contributed by atoms with van der Waals surface area (Å²) in [6.45, 7) is 6.69. The van der Waals surface area contributed by atoms with Gasteiger partial charge in [-0.05, 0) is 25.3 Å². The van der Waals surface area contributed by atoms with E-state index in [2.05, 4.69) is 18.4 Å². The predicted octanol–water partition coefficient (Wildman–Crippen LogP) is 1.15. The van der Waals surface area contributed by atoms with Gasteiger partial charge in [0.25, 0.3) is 0 Å². The molecule has 0 aromatic rings. The van der Waals surface area contributed by atoms with Crippen LogP contribution in [0.5, 0.6) is 0 Å². The van der Waals surface area contributed by atoms with E-state index >= 15 is 0 Å². The Kier molecular flexibility index (Phi) is 2.64. The summed E-state index contributed by atoms with van der Waals surface area (Å²) < 4.78 is 0. The highest BCUT2D eigenvalue weighted by Gasteiger charge is 1.91. The Hall–Kier alpha value is -1.03. The number of hydrogen-bond acceptors (Lipinski definition) is 1. The van der Waals surface area contributed by atoms with Gasteiger partial charge in [-0.2, -0.15) is 0 Å². The fraction of sp³-hybridized carbons (Fsp3) is 0.286. The lowest BCUT2D eigenvalue weighted by molar-refractivity contribution is -0.110. The summed E-state index contributed by atoms with van der Waals surface area (Å²) in [7, 11) is 0. The number of ketones is 1. The molecule has 0 fully saturated rings. The highest BCUT2D eigenvalue weighted by molar-refractivity contribution is 6.07. The predicted molar refractivity (Wildman–Crippen MR) is 33.3 cm³/mol. The zero-order valence-corrected chi connectivity index (χ0v) is 5.12. The molecular weight excluding hydrogens is 100 g/mol. The first-order chi connectivity index (χ1) is 3.68. The normalized spacial score (nSPS) is 6.75. The summed E-state index contributed by atoms with van der Waals surface area (Å²) in [5.74, 6) is 4.67. The molecule has 0 unspecified atom stereocenters.